The summed E-state index contributed by atoms with van der Waals surface area (Å²) in [7, 11) is 0. The van der Waals surface area contributed by atoms with Crippen molar-refractivity contribution in [2.45, 2.75) is 39.2 Å². The molecule has 20 heavy (non-hydrogen) atoms. The summed E-state index contributed by atoms with van der Waals surface area (Å²) in [5.74, 6) is -0.197. The standard InChI is InChI=1S/C16H21NO3/c1-13-7-9-16(10-8-13,15(18)19)12-17-20-11-14-5-3-2-4-6-14/h2-6,12-13H,7-11H2,1H3,(H,18,19)/b17-12-. The van der Waals surface area contributed by atoms with Crippen molar-refractivity contribution in [3.8, 4) is 0 Å². The first-order valence-electron chi connectivity index (χ1n) is 7.06. The predicted molar refractivity (Wildman–Crippen MR) is 77.4 cm³/mol. The van der Waals surface area contributed by atoms with Gasteiger partial charge in [0.2, 0.25) is 0 Å². The Bertz CT molecular complexity index is 462. The number of aliphatic carboxylic acids is 1. The molecule has 0 spiro atoms. The number of carboxylic acids is 1. The van der Waals surface area contributed by atoms with Crippen molar-refractivity contribution >= 4 is 12.2 Å². The van der Waals surface area contributed by atoms with E-state index in [1.807, 2.05) is 30.3 Å². The number of carboxylic acid groups (broad SMARTS) is 1. The Morgan fingerprint density at radius 3 is 2.65 bits per heavy atom. The molecule has 1 fully saturated rings. The second-order valence-electron chi connectivity index (χ2n) is 5.64. The van der Waals surface area contributed by atoms with Gasteiger partial charge in [0.25, 0.3) is 0 Å². The molecular formula is C16H21NO3. The van der Waals surface area contributed by atoms with Crippen molar-refractivity contribution in [1.29, 1.82) is 0 Å². The summed E-state index contributed by atoms with van der Waals surface area (Å²) in [4.78, 5) is 16.7. The molecule has 4 nitrogen and oxygen atoms in total. The summed E-state index contributed by atoms with van der Waals surface area (Å²) in [6.07, 6.45) is 4.63. The number of hydrogen-bond donors (Lipinski definition) is 1. The lowest BCUT2D eigenvalue weighted by Crippen LogP contribution is -2.36. The number of oxime groups is 1. The van der Waals surface area contributed by atoms with Crippen LogP contribution < -0.4 is 0 Å². The predicted octanol–water partition coefficient (Wildman–Crippen LogP) is 3.47. The highest BCUT2D eigenvalue weighted by Gasteiger charge is 2.40. The van der Waals surface area contributed by atoms with E-state index in [4.69, 9.17) is 4.84 Å². The smallest absolute Gasteiger partial charge is 0.315 e. The Labute approximate surface area is 119 Å². The summed E-state index contributed by atoms with van der Waals surface area (Å²) in [5.41, 5.74) is 0.176. The molecule has 1 aliphatic carbocycles. The summed E-state index contributed by atoms with van der Waals surface area (Å²) in [6.45, 7) is 2.53. The van der Waals surface area contributed by atoms with Gasteiger partial charge in [0.05, 0.1) is 6.21 Å². The average Bonchev–Trinajstić information content (AvgIpc) is 2.47. The van der Waals surface area contributed by atoms with Crippen molar-refractivity contribution < 1.29 is 14.7 Å². The second kappa shape index (κ2) is 6.55. The number of carbonyl (C=O) groups is 1. The van der Waals surface area contributed by atoms with Crippen LogP contribution in [0.15, 0.2) is 35.5 Å². The van der Waals surface area contributed by atoms with Gasteiger partial charge in [-0.15, -0.1) is 0 Å². The van der Waals surface area contributed by atoms with Crippen LogP contribution in [0.25, 0.3) is 0 Å². The largest absolute Gasteiger partial charge is 0.481 e. The first kappa shape index (κ1) is 14.6. The zero-order chi connectivity index (χ0) is 14.4. The van der Waals surface area contributed by atoms with E-state index in [0.717, 1.165) is 18.4 Å². The molecular weight excluding hydrogens is 254 g/mol. The molecule has 0 unspecified atom stereocenters. The molecule has 0 saturated heterocycles. The average molecular weight is 275 g/mol. The van der Waals surface area contributed by atoms with Crippen LogP contribution in [-0.2, 0) is 16.2 Å². The molecule has 1 saturated carbocycles. The normalized spacial score (nSPS) is 26.6. The first-order valence-corrected chi connectivity index (χ1v) is 7.06. The van der Waals surface area contributed by atoms with Crippen molar-refractivity contribution in [3.63, 3.8) is 0 Å². The third kappa shape index (κ3) is 3.59. The summed E-state index contributed by atoms with van der Waals surface area (Å²) < 4.78 is 0. The Hall–Kier alpha value is -1.84. The maximum absolute atomic E-state index is 11.5. The van der Waals surface area contributed by atoms with Gasteiger partial charge >= 0.3 is 5.97 Å². The van der Waals surface area contributed by atoms with Crippen molar-refractivity contribution in [2.75, 3.05) is 0 Å². The number of nitrogens with zero attached hydrogens (tertiary/aromatic N) is 1. The molecule has 2 rings (SSSR count). The Kier molecular flexibility index (Phi) is 4.77. The maximum atomic E-state index is 11.5. The zero-order valence-corrected chi connectivity index (χ0v) is 11.8. The van der Waals surface area contributed by atoms with Gasteiger partial charge < -0.3 is 9.94 Å². The second-order valence-corrected chi connectivity index (χ2v) is 5.64. The molecule has 0 bridgehead atoms. The molecule has 1 aliphatic rings. The van der Waals surface area contributed by atoms with E-state index in [1.54, 1.807) is 0 Å². The summed E-state index contributed by atoms with van der Waals surface area (Å²) in [5, 5.41) is 13.3. The topological polar surface area (TPSA) is 58.9 Å². The highest BCUT2D eigenvalue weighted by Crippen LogP contribution is 2.37. The minimum Gasteiger partial charge on any atom is -0.481 e. The highest BCUT2D eigenvalue weighted by atomic mass is 16.6. The molecule has 0 aromatic heterocycles. The van der Waals surface area contributed by atoms with Crippen molar-refractivity contribution in [2.24, 2.45) is 16.5 Å². The zero-order valence-electron chi connectivity index (χ0n) is 11.8. The van der Waals surface area contributed by atoms with Crippen LogP contribution in [0.3, 0.4) is 0 Å². The Balaban J connectivity index is 1.92. The highest BCUT2D eigenvalue weighted by molar-refractivity contribution is 5.93. The van der Waals surface area contributed by atoms with Crippen LogP contribution in [0, 0.1) is 11.3 Å². The van der Waals surface area contributed by atoms with E-state index < -0.39 is 11.4 Å². The van der Waals surface area contributed by atoms with Crippen LogP contribution in [0.5, 0.6) is 0 Å². The van der Waals surface area contributed by atoms with Gasteiger partial charge in [-0.3, -0.25) is 4.79 Å². The SMILES string of the molecule is CC1CCC(/C=N\OCc2ccccc2)(C(=O)O)CC1. The molecule has 0 aliphatic heterocycles. The van der Waals surface area contributed by atoms with Crippen LogP contribution in [0.1, 0.15) is 38.2 Å². The molecule has 0 radical (unpaired) electrons. The Morgan fingerprint density at radius 2 is 2.05 bits per heavy atom. The fraction of sp³-hybridized carbons (Fsp3) is 0.500. The molecule has 0 heterocycles. The number of benzene rings is 1. The van der Waals surface area contributed by atoms with E-state index in [2.05, 4.69) is 12.1 Å². The third-order valence-electron chi connectivity index (χ3n) is 4.04. The van der Waals surface area contributed by atoms with Gasteiger partial charge in [-0.2, -0.15) is 0 Å². The minimum atomic E-state index is -0.844. The van der Waals surface area contributed by atoms with Gasteiger partial charge in [-0.1, -0.05) is 42.4 Å². The third-order valence-corrected chi connectivity index (χ3v) is 4.04. The van der Waals surface area contributed by atoms with Gasteiger partial charge in [-0.25, -0.2) is 0 Å². The Morgan fingerprint density at radius 1 is 1.40 bits per heavy atom. The van der Waals surface area contributed by atoms with E-state index in [-0.39, 0.29) is 0 Å². The van der Waals surface area contributed by atoms with Crippen LogP contribution in [0.4, 0.5) is 0 Å². The summed E-state index contributed by atoms with van der Waals surface area (Å²) >= 11 is 0. The van der Waals surface area contributed by atoms with E-state index in [9.17, 15) is 9.90 Å². The lowest BCUT2D eigenvalue weighted by Gasteiger charge is -2.32. The van der Waals surface area contributed by atoms with Gasteiger partial charge in [-0.05, 0) is 37.2 Å². The van der Waals surface area contributed by atoms with E-state index in [1.165, 1.54) is 6.21 Å². The van der Waals surface area contributed by atoms with E-state index >= 15 is 0 Å². The molecule has 1 aromatic carbocycles. The molecule has 0 amide bonds. The molecule has 4 heteroatoms. The van der Waals surface area contributed by atoms with Crippen LogP contribution >= 0.6 is 0 Å². The monoisotopic (exact) mass is 275 g/mol. The fourth-order valence-corrected chi connectivity index (χ4v) is 2.50. The lowest BCUT2D eigenvalue weighted by atomic mass is 9.72. The van der Waals surface area contributed by atoms with Gasteiger partial charge in [0, 0.05) is 0 Å². The quantitative estimate of drug-likeness (QED) is 0.661. The summed E-state index contributed by atoms with van der Waals surface area (Å²) in [6, 6.07) is 9.71. The molecule has 1 N–H and O–H groups in total. The van der Waals surface area contributed by atoms with Crippen molar-refractivity contribution in [1.82, 2.24) is 0 Å². The number of hydrogen-bond acceptors (Lipinski definition) is 3. The van der Waals surface area contributed by atoms with Crippen molar-refractivity contribution in [3.05, 3.63) is 35.9 Å². The number of rotatable bonds is 5. The molecule has 0 atom stereocenters. The van der Waals surface area contributed by atoms with Crippen LogP contribution in [0.2, 0.25) is 0 Å². The maximum Gasteiger partial charge on any atom is 0.315 e. The fourth-order valence-electron chi connectivity index (χ4n) is 2.50. The first-order chi connectivity index (χ1) is 9.62. The molecule has 108 valence electrons. The van der Waals surface area contributed by atoms with Gasteiger partial charge in [0.15, 0.2) is 0 Å². The van der Waals surface area contributed by atoms with Gasteiger partial charge in [0.1, 0.15) is 12.0 Å². The van der Waals surface area contributed by atoms with Crippen LogP contribution in [-0.4, -0.2) is 17.3 Å². The van der Waals surface area contributed by atoms with E-state index in [0.29, 0.717) is 25.4 Å². The minimum absolute atomic E-state index is 0.365. The molecule has 1 aromatic rings. The lowest BCUT2D eigenvalue weighted by molar-refractivity contribution is -0.146.